The number of hydrogen-bond acceptors (Lipinski definition) is 1. The molecule has 0 amide bonds. The predicted molar refractivity (Wildman–Crippen MR) is 63.1 cm³/mol. The lowest BCUT2D eigenvalue weighted by atomic mass is 9.82. The van der Waals surface area contributed by atoms with Crippen LogP contribution in [0, 0.1) is 5.41 Å². The number of benzene rings is 1. The summed E-state index contributed by atoms with van der Waals surface area (Å²) in [6.07, 6.45) is 3.94. The fraction of sp³-hybridized carbons (Fsp3) is 0.538. The van der Waals surface area contributed by atoms with Gasteiger partial charge in [-0.1, -0.05) is 30.7 Å². The Hall–Kier alpha value is -0.530. The molecule has 1 aliphatic carbocycles. The van der Waals surface area contributed by atoms with Crippen molar-refractivity contribution in [1.82, 2.24) is 0 Å². The highest BCUT2D eigenvalue weighted by molar-refractivity contribution is 6.30. The van der Waals surface area contributed by atoms with Crippen molar-refractivity contribution in [3.05, 3.63) is 34.9 Å². The van der Waals surface area contributed by atoms with Crippen LogP contribution in [-0.2, 0) is 6.42 Å². The third kappa shape index (κ3) is 2.73. The SMILES string of the molecule is CC1(Cc2ccc(Cl)cc2)CCC(O)C1. The molecule has 2 heteroatoms. The second kappa shape index (κ2) is 4.15. The average molecular weight is 225 g/mol. The maximum Gasteiger partial charge on any atom is 0.0545 e. The molecule has 0 spiro atoms. The molecule has 2 rings (SSSR count). The fourth-order valence-electron chi connectivity index (χ4n) is 2.54. The largest absolute Gasteiger partial charge is 0.393 e. The summed E-state index contributed by atoms with van der Waals surface area (Å²) < 4.78 is 0. The second-order valence-corrected chi connectivity index (χ2v) is 5.45. The molecule has 1 N–H and O–H groups in total. The van der Waals surface area contributed by atoms with E-state index in [1.54, 1.807) is 0 Å². The van der Waals surface area contributed by atoms with Crippen LogP contribution in [0.2, 0.25) is 5.02 Å². The lowest BCUT2D eigenvalue weighted by Gasteiger charge is -2.23. The summed E-state index contributed by atoms with van der Waals surface area (Å²) in [5.74, 6) is 0. The van der Waals surface area contributed by atoms with E-state index in [4.69, 9.17) is 11.6 Å². The van der Waals surface area contributed by atoms with Gasteiger partial charge in [0.25, 0.3) is 0 Å². The van der Waals surface area contributed by atoms with E-state index < -0.39 is 0 Å². The van der Waals surface area contributed by atoms with Gasteiger partial charge in [0.1, 0.15) is 0 Å². The molecule has 1 saturated carbocycles. The zero-order chi connectivity index (χ0) is 10.9. The van der Waals surface area contributed by atoms with Crippen LogP contribution in [0.5, 0.6) is 0 Å². The number of aliphatic hydroxyl groups is 1. The van der Waals surface area contributed by atoms with Gasteiger partial charge in [0.15, 0.2) is 0 Å². The maximum absolute atomic E-state index is 9.57. The standard InChI is InChI=1S/C13H17ClO/c1-13(7-6-12(15)9-13)8-10-2-4-11(14)5-3-10/h2-5,12,15H,6-9H2,1H3. The van der Waals surface area contributed by atoms with Crippen LogP contribution in [0.1, 0.15) is 31.7 Å². The number of rotatable bonds is 2. The quantitative estimate of drug-likeness (QED) is 0.816. The zero-order valence-electron chi connectivity index (χ0n) is 9.04. The Balaban J connectivity index is 2.05. The van der Waals surface area contributed by atoms with Gasteiger partial charge in [-0.2, -0.15) is 0 Å². The van der Waals surface area contributed by atoms with Crippen LogP contribution < -0.4 is 0 Å². The first-order valence-corrected chi connectivity index (χ1v) is 5.88. The van der Waals surface area contributed by atoms with Crippen molar-refractivity contribution in [2.45, 2.75) is 38.7 Å². The second-order valence-electron chi connectivity index (χ2n) is 5.01. The third-order valence-corrected chi connectivity index (χ3v) is 3.61. The summed E-state index contributed by atoms with van der Waals surface area (Å²) in [4.78, 5) is 0. The molecule has 2 atom stereocenters. The summed E-state index contributed by atoms with van der Waals surface area (Å²) >= 11 is 5.85. The summed E-state index contributed by atoms with van der Waals surface area (Å²) in [5, 5.41) is 10.4. The van der Waals surface area contributed by atoms with Crippen molar-refractivity contribution < 1.29 is 5.11 Å². The van der Waals surface area contributed by atoms with E-state index >= 15 is 0 Å². The van der Waals surface area contributed by atoms with Crippen LogP contribution in [0.4, 0.5) is 0 Å². The molecule has 0 radical (unpaired) electrons. The molecule has 0 aromatic heterocycles. The van der Waals surface area contributed by atoms with Crippen LogP contribution in [0.3, 0.4) is 0 Å². The number of halogens is 1. The van der Waals surface area contributed by atoms with Gasteiger partial charge in [0.2, 0.25) is 0 Å². The molecule has 1 aliphatic rings. The summed E-state index contributed by atoms with van der Waals surface area (Å²) in [6.45, 7) is 2.26. The molecule has 2 unspecified atom stereocenters. The normalized spacial score (nSPS) is 30.7. The lowest BCUT2D eigenvalue weighted by molar-refractivity contribution is 0.163. The van der Waals surface area contributed by atoms with Crippen LogP contribution in [-0.4, -0.2) is 11.2 Å². The Labute approximate surface area is 96.1 Å². The minimum Gasteiger partial charge on any atom is -0.393 e. The van der Waals surface area contributed by atoms with Crippen molar-refractivity contribution in [1.29, 1.82) is 0 Å². The average Bonchev–Trinajstić information content (AvgIpc) is 2.50. The highest BCUT2D eigenvalue weighted by Crippen LogP contribution is 2.40. The first kappa shape index (κ1) is 11.0. The van der Waals surface area contributed by atoms with Gasteiger partial charge in [0.05, 0.1) is 6.10 Å². The van der Waals surface area contributed by atoms with E-state index in [2.05, 4.69) is 19.1 Å². The maximum atomic E-state index is 9.57. The van der Waals surface area contributed by atoms with Gasteiger partial charge in [0, 0.05) is 5.02 Å². The van der Waals surface area contributed by atoms with Gasteiger partial charge in [-0.05, 0) is 48.8 Å². The minimum atomic E-state index is -0.0951. The van der Waals surface area contributed by atoms with E-state index in [0.29, 0.717) is 0 Å². The molecular formula is C13H17ClO. The third-order valence-electron chi connectivity index (χ3n) is 3.35. The smallest absolute Gasteiger partial charge is 0.0545 e. The Morgan fingerprint density at radius 3 is 2.60 bits per heavy atom. The molecule has 82 valence electrons. The molecule has 0 saturated heterocycles. The molecule has 1 aromatic rings. The summed E-state index contributed by atoms with van der Waals surface area (Å²) in [6, 6.07) is 8.04. The molecule has 0 bridgehead atoms. The number of hydrogen-bond donors (Lipinski definition) is 1. The topological polar surface area (TPSA) is 20.2 Å². The molecule has 1 nitrogen and oxygen atoms in total. The molecule has 15 heavy (non-hydrogen) atoms. The Bertz CT molecular complexity index is 333. The molecule has 0 heterocycles. The van der Waals surface area contributed by atoms with Crippen molar-refractivity contribution in [2.75, 3.05) is 0 Å². The number of aliphatic hydroxyl groups excluding tert-OH is 1. The van der Waals surface area contributed by atoms with E-state index in [1.807, 2.05) is 12.1 Å². The van der Waals surface area contributed by atoms with Crippen molar-refractivity contribution in [3.8, 4) is 0 Å². The van der Waals surface area contributed by atoms with Crippen molar-refractivity contribution in [3.63, 3.8) is 0 Å². The van der Waals surface area contributed by atoms with Crippen LogP contribution in [0.15, 0.2) is 24.3 Å². The summed E-state index contributed by atoms with van der Waals surface area (Å²) in [5.41, 5.74) is 1.59. The highest BCUT2D eigenvalue weighted by Gasteiger charge is 2.33. The van der Waals surface area contributed by atoms with Crippen LogP contribution >= 0.6 is 11.6 Å². The molecule has 0 aliphatic heterocycles. The first-order chi connectivity index (χ1) is 7.07. The monoisotopic (exact) mass is 224 g/mol. The van der Waals surface area contributed by atoms with Crippen molar-refractivity contribution >= 4 is 11.6 Å². The zero-order valence-corrected chi connectivity index (χ0v) is 9.80. The summed E-state index contributed by atoms with van der Waals surface area (Å²) in [7, 11) is 0. The molecule has 1 aromatic carbocycles. The molecule has 1 fully saturated rings. The van der Waals surface area contributed by atoms with E-state index in [1.165, 1.54) is 5.56 Å². The fourth-order valence-corrected chi connectivity index (χ4v) is 2.67. The van der Waals surface area contributed by atoms with Gasteiger partial charge in [-0.25, -0.2) is 0 Å². The van der Waals surface area contributed by atoms with E-state index in [9.17, 15) is 5.11 Å². The highest BCUT2D eigenvalue weighted by atomic mass is 35.5. The Kier molecular flexibility index (Phi) is 3.03. The van der Waals surface area contributed by atoms with E-state index in [-0.39, 0.29) is 11.5 Å². The minimum absolute atomic E-state index is 0.0951. The van der Waals surface area contributed by atoms with Gasteiger partial charge in [-0.15, -0.1) is 0 Å². The predicted octanol–water partition coefficient (Wildman–Crippen LogP) is 3.43. The first-order valence-electron chi connectivity index (χ1n) is 5.50. The van der Waals surface area contributed by atoms with Gasteiger partial charge < -0.3 is 5.11 Å². The van der Waals surface area contributed by atoms with Gasteiger partial charge >= 0.3 is 0 Å². The Morgan fingerprint density at radius 1 is 1.40 bits per heavy atom. The lowest BCUT2D eigenvalue weighted by Crippen LogP contribution is -2.16. The van der Waals surface area contributed by atoms with Crippen molar-refractivity contribution in [2.24, 2.45) is 5.41 Å². The Morgan fingerprint density at radius 2 is 2.07 bits per heavy atom. The molecular weight excluding hydrogens is 208 g/mol. The van der Waals surface area contributed by atoms with E-state index in [0.717, 1.165) is 30.7 Å². The van der Waals surface area contributed by atoms with Crippen LogP contribution in [0.25, 0.3) is 0 Å². The van der Waals surface area contributed by atoms with Gasteiger partial charge in [-0.3, -0.25) is 0 Å².